The van der Waals surface area contributed by atoms with Crippen LogP contribution in [0.25, 0.3) is 5.69 Å². The largest absolute Gasteiger partial charge is 0.497 e. The number of aryl methyl sites for hydroxylation is 1. The molecule has 112 valence electrons. The van der Waals surface area contributed by atoms with Crippen LogP contribution >= 0.6 is 11.8 Å². The maximum absolute atomic E-state index is 10.7. The number of hydrogen-bond acceptors (Lipinski definition) is 6. The third-order valence-electron chi connectivity index (χ3n) is 2.75. The van der Waals surface area contributed by atoms with Crippen LogP contribution in [0.5, 0.6) is 11.5 Å². The summed E-state index contributed by atoms with van der Waals surface area (Å²) in [7, 11) is 3.13. The molecule has 8 heteroatoms. The molecule has 0 saturated heterocycles. The van der Waals surface area contributed by atoms with Gasteiger partial charge in [-0.25, -0.2) is 0 Å². The van der Waals surface area contributed by atoms with E-state index >= 15 is 0 Å². The smallest absolute Gasteiger partial charge is 0.313 e. The van der Waals surface area contributed by atoms with Crippen molar-refractivity contribution in [2.75, 3.05) is 20.0 Å². The SMILES string of the molecule is COc1ccc(-n2c(C)nnc2SCC(=O)O)c(OC)c1. The van der Waals surface area contributed by atoms with Crippen molar-refractivity contribution >= 4 is 17.7 Å². The maximum Gasteiger partial charge on any atom is 0.313 e. The molecule has 21 heavy (non-hydrogen) atoms. The molecule has 0 unspecified atom stereocenters. The van der Waals surface area contributed by atoms with Crippen LogP contribution in [0.1, 0.15) is 5.82 Å². The number of carboxylic acids is 1. The average Bonchev–Trinajstić information content (AvgIpc) is 2.85. The molecular weight excluding hydrogens is 294 g/mol. The Bertz CT molecular complexity index is 657. The number of hydrogen-bond donors (Lipinski definition) is 1. The lowest BCUT2D eigenvalue weighted by atomic mass is 10.2. The highest BCUT2D eigenvalue weighted by atomic mass is 32.2. The van der Waals surface area contributed by atoms with Gasteiger partial charge in [0.15, 0.2) is 5.16 Å². The van der Waals surface area contributed by atoms with Gasteiger partial charge in [0.25, 0.3) is 0 Å². The summed E-state index contributed by atoms with van der Waals surface area (Å²) in [6.45, 7) is 1.79. The summed E-state index contributed by atoms with van der Waals surface area (Å²) in [5.74, 6) is 0.909. The third kappa shape index (κ3) is 3.27. The molecule has 2 rings (SSSR count). The van der Waals surface area contributed by atoms with Gasteiger partial charge in [0.05, 0.1) is 25.7 Å². The van der Waals surface area contributed by atoms with E-state index in [1.807, 2.05) is 6.07 Å². The third-order valence-corrected chi connectivity index (χ3v) is 3.66. The van der Waals surface area contributed by atoms with Crippen molar-refractivity contribution in [3.63, 3.8) is 0 Å². The first-order valence-corrected chi connectivity index (χ1v) is 7.04. The number of aliphatic carboxylic acids is 1. The van der Waals surface area contributed by atoms with Gasteiger partial charge in [0.2, 0.25) is 0 Å². The number of benzene rings is 1. The number of methoxy groups -OCH3 is 2. The van der Waals surface area contributed by atoms with Crippen molar-refractivity contribution in [1.82, 2.24) is 14.8 Å². The van der Waals surface area contributed by atoms with Crippen LogP contribution in [0.4, 0.5) is 0 Å². The van der Waals surface area contributed by atoms with E-state index in [1.54, 1.807) is 37.8 Å². The van der Waals surface area contributed by atoms with E-state index in [2.05, 4.69) is 10.2 Å². The first-order valence-electron chi connectivity index (χ1n) is 6.05. The number of carboxylic acid groups (broad SMARTS) is 1. The Morgan fingerprint density at radius 3 is 2.71 bits per heavy atom. The van der Waals surface area contributed by atoms with Crippen LogP contribution in [-0.2, 0) is 4.79 Å². The molecule has 0 fully saturated rings. The molecule has 0 bridgehead atoms. The molecule has 0 saturated carbocycles. The number of ether oxygens (including phenoxy) is 2. The van der Waals surface area contributed by atoms with Crippen molar-refractivity contribution in [3.8, 4) is 17.2 Å². The van der Waals surface area contributed by atoms with Crippen molar-refractivity contribution in [2.45, 2.75) is 12.1 Å². The Morgan fingerprint density at radius 1 is 1.33 bits per heavy atom. The summed E-state index contributed by atoms with van der Waals surface area (Å²) in [5.41, 5.74) is 0.730. The Hall–Kier alpha value is -2.22. The van der Waals surface area contributed by atoms with Crippen molar-refractivity contribution in [2.24, 2.45) is 0 Å². The van der Waals surface area contributed by atoms with Gasteiger partial charge in [0, 0.05) is 6.07 Å². The molecule has 1 aromatic heterocycles. The minimum absolute atomic E-state index is 0.0867. The molecule has 1 aromatic carbocycles. The molecule has 1 heterocycles. The van der Waals surface area contributed by atoms with Gasteiger partial charge in [-0.05, 0) is 19.1 Å². The second kappa shape index (κ2) is 6.49. The fraction of sp³-hybridized carbons (Fsp3) is 0.308. The summed E-state index contributed by atoms with van der Waals surface area (Å²) >= 11 is 1.10. The van der Waals surface area contributed by atoms with E-state index in [-0.39, 0.29) is 5.75 Å². The van der Waals surface area contributed by atoms with Gasteiger partial charge in [-0.3, -0.25) is 9.36 Å². The van der Waals surface area contributed by atoms with Gasteiger partial charge in [-0.15, -0.1) is 10.2 Å². The van der Waals surface area contributed by atoms with Crippen LogP contribution < -0.4 is 9.47 Å². The molecule has 0 aliphatic heterocycles. The van der Waals surface area contributed by atoms with Crippen LogP contribution in [-0.4, -0.2) is 45.8 Å². The normalized spacial score (nSPS) is 10.4. The topological polar surface area (TPSA) is 86.5 Å². The number of rotatable bonds is 6. The second-order valence-electron chi connectivity index (χ2n) is 4.09. The summed E-state index contributed by atoms with van der Waals surface area (Å²) in [4.78, 5) is 10.7. The van der Waals surface area contributed by atoms with Crippen molar-refractivity contribution in [3.05, 3.63) is 24.0 Å². The molecule has 7 nitrogen and oxygen atoms in total. The zero-order chi connectivity index (χ0) is 15.4. The van der Waals surface area contributed by atoms with E-state index in [0.29, 0.717) is 22.5 Å². The standard InChI is InChI=1S/C13H15N3O4S/c1-8-14-15-13(21-7-12(17)18)16(8)10-5-4-9(19-2)6-11(10)20-3/h4-6H,7H2,1-3H3,(H,17,18). The average molecular weight is 309 g/mol. The molecule has 0 amide bonds. The number of nitrogens with zero attached hydrogens (tertiary/aromatic N) is 3. The lowest BCUT2D eigenvalue weighted by molar-refractivity contribution is -0.133. The summed E-state index contributed by atoms with van der Waals surface area (Å²) in [6, 6.07) is 5.36. The van der Waals surface area contributed by atoms with Gasteiger partial charge < -0.3 is 14.6 Å². The zero-order valence-corrected chi connectivity index (χ0v) is 12.7. The molecule has 0 aliphatic carbocycles. The van der Waals surface area contributed by atoms with E-state index in [0.717, 1.165) is 17.4 Å². The number of thioether (sulfide) groups is 1. The van der Waals surface area contributed by atoms with Gasteiger partial charge >= 0.3 is 5.97 Å². The molecule has 1 N–H and O–H groups in total. The highest BCUT2D eigenvalue weighted by Gasteiger charge is 2.16. The predicted octanol–water partition coefficient (Wildman–Crippen LogP) is 1.77. The van der Waals surface area contributed by atoms with E-state index in [9.17, 15) is 4.79 Å². The molecular formula is C13H15N3O4S. The molecule has 0 atom stereocenters. The summed E-state index contributed by atoms with van der Waals surface area (Å²) in [6.07, 6.45) is 0. The van der Waals surface area contributed by atoms with Crippen molar-refractivity contribution < 1.29 is 19.4 Å². The second-order valence-corrected chi connectivity index (χ2v) is 5.03. The lowest BCUT2D eigenvalue weighted by Gasteiger charge is -2.13. The quantitative estimate of drug-likeness (QED) is 0.814. The van der Waals surface area contributed by atoms with E-state index in [1.165, 1.54) is 0 Å². The van der Waals surface area contributed by atoms with Crippen LogP contribution in [0.3, 0.4) is 0 Å². The highest BCUT2D eigenvalue weighted by molar-refractivity contribution is 7.99. The minimum Gasteiger partial charge on any atom is -0.497 e. The summed E-state index contributed by atoms with van der Waals surface area (Å²) < 4.78 is 12.3. The van der Waals surface area contributed by atoms with Gasteiger partial charge in [-0.2, -0.15) is 0 Å². The maximum atomic E-state index is 10.7. The molecule has 0 aliphatic rings. The number of carbonyl (C=O) groups is 1. The Morgan fingerprint density at radius 2 is 2.10 bits per heavy atom. The Labute approximate surface area is 125 Å². The highest BCUT2D eigenvalue weighted by Crippen LogP contribution is 2.31. The number of aromatic nitrogens is 3. The Kier molecular flexibility index (Phi) is 4.69. The van der Waals surface area contributed by atoms with Crippen molar-refractivity contribution in [1.29, 1.82) is 0 Å². The fourth-order valence-electron chi connectivity index (χ4n) is 1.81. The van der Waals surface area contributed by atoms with Gasteiger partial charge in [-0.1, -0.05) is 11.8 Å². The lowest BCUT2D eigenvalue weighted by Crippen LogP contribution is -2.04. The fourth-order valence-corrected chi connectivity index (χ4v) is 2.52. The predicted molar refractivity (Wildman–Crippen MR) is 77.6 cm³/mol. The monoisotopic (exact) mass is 309 g/mol. The molecule has 0 radical (unpaired) electrons. The molecule has 2 aromatic rings. The summed E-state index contributed by atoms with van der Waals surface area (Å²) in [5, 5.41) is 17.3. The Balaban J connectivity index is 2.46. The zero-order valence-electron chi connectivity index (χ0n) is 11.9. The van der Waals surface area contributed by atoms with Crippen LogP contribution in [0, 0.1) is 6.92 Å². The first kappa shape index (κ1) is 15.2. The van der Waals surface area contributed by atoms with Crippen LogP contribution in [0.2, 0.25) is 0 Å². The first-order chi connectivity index (χ1) is 10.1. The van der Waals surface area contributed by atoms with Crippen LogP contribution in [0.15, 0.2) is 23.4 Å². The van der Waals surface area contributed by atoms with E-state index in [4.69, 9.17) is 14.6 Å². The molecule has 0 spiro atoms. The van der Waals surface area contributed by atoms with Gasteiger partial charge in [0.1, 0.15) is 17.3 Å². The van der Waals surface area contributed by atoms with E-state index < -0.39 is 5.97 Å². The minimum atomic E-state index is -0.908.